The van der Waals surface area contributed by atoms with Crippen molar-refractivity contribution < 1.29 is 19.1 Å². The predicted molar refractivity (Wildman–Crippen MR) is 81.8 cm³/mol. The third-order valence-corrected chi connectivity index (χ3v) is 3.84. The van der Waals surface area contributed by atoms with Crippen molar-refractivity contribution in [3.8, 4) is 5.75 Å². The highest BCUT2D eigenvalue weighted by atomic mass is 16.5. The molecule has 1 aliphatic rings. The van der Waals surface area contributed by atoms with Crippen LogP contribution >= 0.6 is 0 Å². The quantitative estimate of drug-likeness (QED) is 0.839. The lowest BCUT2D eigenvalue weighted by molar-refractivity contribution is -0.144. The fraction of sp³-hybridized carbons (Fsp3) is 0.500. The van der Waals surface area contributed by atoms with Gasteiger partial charge in [0.05, 0.1) is 14.2 Å². The first-order chi connectivity index (χ1) is 10.7. The molecule has 0 spiro atoms. The number of amides is 2. The molecule has 1 N–H and O–H groups in total. The molecule has 1 saturated heterocycles. The summed E-state index contributed by atoms with van der Waals surface area (Å²) in [7, 11) is 2.98. The Hall–Kier alpha value is -2.24. The molecule has 0 radical (unpaired) electrons. The van der Waals surface area contributed by atoms with Gasteiger partial charge in [-0.05, 0) is 37.0 Å². The number of carbonyl (C=O) groups excluding carboxylic acids is 2. The molecule has 1 atom stereocenters. The average Bonchev–Trinajstić information content (AvgIpc) is 3.04. The largest absolute Gasteiger partial charge is 0.497 e. The van der Waals surface area contributed by atoms with E-state index in [0.29, 0.717) is 19.5 Å². The van der Waals surface area contributed by atoms with Crippen LogP contribution in [0.4, 0.5) is 4.79 Å². The van der Waals surface area contributed by atoms with Crippen molar-refractivity contribution in [2.75, 3.05) is 27.3 Å². The van der Waals surface area contributed by atoms with Crippen molar-refractivity contribution >= 4 is 12.0 Å². The maximum atomic E-state index is 12.2. The molecule has 2 rings (SSSR count). The molecule has 1 unspecified atom stereocenters. The number of nitrogens with zero attached hydrogens (tertiary/aromatic N) is 1. The molecule has 22 heavy (non-hydrogen) atoms. The minimum Gasteiger partial charge on any atom is -0.497 e. The van der Waals surface area contributed by atoms with Crippen LogP contribution in [0.1, 0.15) is 18.4 Å². The molecule has 1 aromatic carbocycles. The molecular weight excluding hydrogens is 284 g/mol. The molecule has 6 heteroatoms. The van der Waals surface area contributed by atoms with Gasteiger partial charge in [-0.3, -0.25) is 0 Å². The Kier molecular flexibility index (Phi) is 5.63. The number of urea groups is 1. The maximum absolute atomic E-state index is 12.2. The lowest BCUT2D eigenvalue weighted by Crippen LogP contribution is -2.46. The summed E-state index contributed by atoms with van der Waals surface area (Å²) in [6.45, 7) is 1.11. The minimum atomic E-state index is -0.453. The number of likely N-dealkylation sites (tertiary alicyclic amines) is 1. The van der Waals surface area contributed by atoms with E-state index in [1.54, 1.807) is 12.0 Å². The van der Waals surface area contributed by atoms with Gasteiger partial charge in [0, 0.05) is 13.1 Å². The van der Waals surface area contributed by atoms with Crippen LogP contribution in [0.3, 0.4) is 0 Å². The van der Waals surface area contributed by atoms with Gasteiger partial charge >= 0.3 is 12.0 Å². The van der Waals surface area contributed by atoms with E-state index in [0.717, 1.165) is 24.2 Å². The van der Waals surface area contributed by atoms with Crippen LogP contribution in [0.15, 0.2) is 24.3 Å². The first-order valence-electron chi connectivity index (χ1n) is 7.41. The third kappa shape index (κ3) is 3.90. The summed E-state index contributed by atoms with van der Waals surface area (Å²) in [5, 5.41) is 2.86. The van der Waals surface area contributed by atoms with Crippen molar-refractivity contribution in [3.63, 3.8) is 0 Å². The van der Waals surface area contributed by atoms with Crippen molar-refractivity contribution in [2.24, 2.45) is 0 Å². The molecule has 6 nitrogen and oxygen atoms in total. The normalized spacial score (nSPS) is 17.2. The molecule has 1 heterocycles. The molecule has 0 saturated carbocycles. The van der Waals surface area contributed by atoms with Crippen molar-refractivity contribution in [3.05, 3.63) is 29.8 Å². The standard InChI is InChI=1S/C16H22N2O4/c1-21-13-7-5-12(6-8-13)9-10-17-16(20)18-11-3-4-14(18)15(19)22-2/h5-8,14H,3-4,9-11H2,1-2H3,(H,17,20). The van der Waals surface area contributed by atoms with Crippen molar-refractivity contribution in [1.82, 2.24) is 10.2 Å². The predicted octanol–water partition coefficient (Wildman–Crippen LogP) is 1.58. The van der Waals surface area contributed by atoms with Crippen LogP contribution in [-0.4, -0.2) is 50.3 Å². The molecular formula is C16H22N2O4. The molecule has 0 aliphatic carbocycles. The van der Waals surface area contributed by atoms with E-state index in [1.807, 2.05) is 24.3 Å². The van der Waals surface area contributed by atoms with E-state index in [9.17, 15) is 9.59 Å². The number of rotatable bonds is 5. The summed E-state index contributed by atoms with van der Waals surface area (Å²) in [5.41, 5.74) is 1.12. The Morgan fingerprint density at radius 3 is 2.64 bits per heavy atom. The number of carbonyl (C=O) groups is 2. The first kappa shape index (κ1) is 16.1. The second-order valence-electron chi connectivity index (χ2n) is 5.20. The molecule has 0 bridgehead atoms. The van der Waals surface area contributed by atoms with Crippen molar-refractivity contribution in [2.45, 2.75) is 25.3 Å². The smallest absolute Gasteiger partial charge is 0.328 e. The number of benzene rings is 1. The first-order valence-corrected chi connectivity index (χ1v) is 7.41. The van der Waals surface area contributed by atoms with Crippen LogP contribution in [-0.2, 0) is 16.0 Å². The fourth-order valence-electron chi connectivity index (χ4n) is 2.60. The van der Waals surface area contributed by atoms with E-state index >= 15 is 0 Å². The van der Waals surface area contributed by atoms with Crippen LogP contribution in [0.5, 0.6) is 5.75 Å². The molecule has 2 amide bonds. The van der Waals surface area contributed by atoms with Crippen LogP contribution in [0, 0.1) is 0 Å². The van der Waals surface area contributed by atoms with Gasteiger partial charge in [-0.2, -0.15) is 0 Å². The number of nitrogens with one attached hydrogen (secondary N) is 1. The van der Waals surface area contributed by atoms with E-state index in [-0.39, 0.29) is 12.0 Å². The SMILES string of the molecule is COC(=O)C1CCCN1C(=O)NCCc1ccc(OC)cc1. The Bertz CT molecular complexity index is 515. The summed E-state index contributed by atoms with van der Waals surface area (Å²) < 4.78 is 9.84. The Balaban J connectivity index is 1.80. The summed E-state index contributed by atoms with van der Waals surface area (Å²) in [6.07, 6.45) is 2.22. The van der Waals surface area contributed by atoms with Gasteiger partial charge in [0.25, 0.3) is 0 Å². The molecule has 1 aliphatic heterocycles. The summed E-state index contributed by atoms with van der Waals surface area (Å²) in [4.78, 5) is 25.3. The Labute approximate surface area is 130 Å². The minimum absolute atomic E-state index is 0.207. The van der Waals surface area contributed by atoms with E-state index in [4.69, 9.17) is 9.47 Å². The van der Waals surface area contributed by atoms with Gasteiger partial charge in [-0.1, -0.05) is 12.1 Å². The highest BCUT2D eigenvalue weighted by Crippen LogP contribution is 2.18. The van der Waals surface area contributed by atoms with Gasteiger partial charge in [-0.15, -0.1) is 0 Å². The molecule has 0 aromatic heterocycles. The molecule has 1 fully saturated rings. The zero-order valence-electron chi connectivity index (χ0n) is 13.0. The van der Waals surface area contributed by atoms with Gasteiger partial charge in [-0.25, -0.2) is 9.59 Å². The number of methoxy groups -OCH3 is 2. The lowest BCUT2D eigenvalue weighted by Gasteiger charge is -2.22. The van der Waals surface area contributed by atoms with Gasteiger partial charge < -0.3 is 19.7 Å². The van der Waals surface area contributed by atoms with Crippen LogP contribution < -0.4 is 10.1 Å². The molecule has 120 valence electrons. The number of esters is 1. The fourth-order valence-corrected chi connectivity index (χ4v) is 2.60. The zero-order valence-corrected chi connectivity index (χ0v) is 13.0. The van der Waals surface area contributed by atoms with Gasteiger partial charge in [0.15, 0.2) is 0 Å². The van der Waals surface area contributed by atoms with E-state index in [2.05, 4.69) is 5.32 Å². The summed E-state index contributed by atoms with van der Waals surface area (Å²) in [6, 6.07) is 7.07. The van der Waals surface area contributed by atoms with Gasteiger partial charge in [0.1, 0.15) is 11.8 Å². The Morgan fingerprint density at radius 2 is 2.00 bits per heavy atom. The monoisotopic (exact) mass is 306 g/mol. The number of ether oxygens (including phenoxy) is 2. The second-order valence-corrected chi connectivity index (χ2v) is 5.20. The zero-order chi connectivity index (χ0) is 15.9. The second kappa shape index (κ2) is 7.68. The molecule has 1 aromatic rings. The van der Waals surface area contributed by atoms with Crippen LogP contribution in [0.25, 0.3) is 0 Å². The van der Waals surface area contributed by atoms with Crippen LogP contribution in [0.2, 0.25) is 0 Å². The number of hydrogen-bond donors (Lipinski definition) is 1. The summed E-state index contributed by atoms with van der Waals surface area (Å²) >= 11 is 0. The average molecular weight is 306 g/mol. The lowest BCUT2D eigenvalue weighted by atomic mass is 10.1. The Morgan fingerprint density at radius 1 is 1.27 bits per heavy atom. The van der Waals surface area contributed by atoms with Crippen molar-refractivity contribution in [1.29, 1.82) is 0 Å². The maximum Gasteiger partial charge on any atom is 0.328 e. The number of hydrogen-bond acceptors (Lipinski definition) is 4. The van der Waals surface area contributed by atoms with E-state index < -0.39 is 6.04 Å². The summed E-state index contributed by atoms with van der Waals surface area (Å²) in [5.74, 6) is 0.466. The van der Waals surface area contributed by atoms with Gasteiger partial charge in [0.2, 0.25) is 0 Å². The van der Waals surface area contributed by atoms with E-state index in [1.165, 1.54) is 7.11 Å². The third-order valence-electron chi connectivity index (χ3n) is 3.84. The topological polar surface area (TPSA) is 67.9 Å². The highest BCUT2D eigenvalue weighted by Gasteiger charge is 2.34. The highest BCUT2D eigenvalue weighted by molar-refractivity contribution is 5.84.